The summed E-state index contributed by atoms with van der Waals surface area (Å²) in [5.41, 5.74) is 2.51. The van der Waals surface area contributed by atoms with Crippen molar-refractivity contribution in [2.75, 3.05) is 0 Å². The van der Waals surface area contributed by atoms with Gasteiger partial charge in [-0.15, -0.1) is 0 Å². The van der Waals surface area contributed by atoms with E-state index in [1.54, 1.807) is 8.05 Å². The van der Waals surface area contributed by atoms with E-state index < -0.39 is 0 Å². The fourth-order valence-corrected chi connectivity index (χ4v) is 1.81. The molecule has 1 aromatic heterocycles. The van der Waals surface area contributed by atoms with Gasteiger partial charge >= 0.3 is 8.05 Å². The number of para-hydroxylation sites is 3. The monoisotopic (exact) mass is 223 g/mol. The molecule has 3 nitrogen and oxygen atoms in total. The third-order valence-electron chi connectivity index (χ3n) is 2.63. The molecule has 0 bridgehead atoms. The van der Waals surface area contributed by atoms with Crippen LogP contribution in [-0.4, -0.2) is 13.0 Å². The van der Waals surface area contributed by atoms with E-state index in [4.69, 9.17) is 9.07 Å². The van der Waals surface area contributed by atoms with Gasteiger partial charge < -0.3 is 9.07 Å². The normalized spacial score (nSPS) is 10.6. The number of nitrogens with zero attached hydrogens (tertiary/aromatic N) is 1. The summed E-state index contributed by atoms with van der Waals surface area (Å²) in [5, 5.41) is 0. The van der Waals surface area contributed by atoms with Crippen LogP contribution >= 0.6 is 0 Å². The van der Waals surface area contributed by atoms with Gasteiger partial charge in [-0.25, -0.2) is 4.98 Å². The molecule has 3 rings (SSSR count). The molecule has 4 heteroatoms. The number of rotatable bonds is 2. The molecule has 0 atom stereocenters. The van der Waals surface area contributed by atoms with E-state index in [0.29, 0.717) is 5.89 Å². The molecule has 0 fully saturated rings. The minimum Gasteiger partial charge on any atom is -0.567 e. The molecule has 1 heterocycles. The number of hydrogen-bond donors (Lipinski definition) is 0. The van der Waals surface area contributed by atoms with E-state index in [0.717, 1.165) is 22.4 Å². The molecule has 0 aliphatic carbocycles. The highest BCUT2D eigenvalue weighted by Gasteiger charge is 2.11. The fourth-order valence-electron chi connectivity index (χ4n) is 1.81. The van der Waals surface area contributed by atoms with Gasteiger partial charge in [0.25, 0.3) is 0 Å². The first-order chi connectivity index (χ1) is 8.38. The van der Waals surface area contributed by atoms with Gasteiger partial charge in [-0.05, 0) is 24.3 Å². The minimum absolute atomic E-state index is 0.587. The van der Waals surface area contributed by atoms with Crippen molar-refractivity contribution in [3.63, 3.8) is 0 Å². The molecule has 2 aromatic carbocycles. The van der Waals surface area contributed by atoms with Gasteiger partial charge in [0.15, 0.2) is 5.58 Å². The molecule has 0 aliphatic heterocycles. The summed E-state index contributed by atoms with van der Waals surface area (Å²) in [4.78, 5) is 4.44. The average Bonchev–Trinajstić information content (AvgIpc) is 2.82. The van der Waals surface area contributed by atoms with Crippen LogP contribution in [0.25, 0.3) is 22.6 Å². The Bertz CT molecular complexity index is 630. The smallest absolute Gasteiger partial charge is 0.322 e. The van der Waals surface area contributed by atoms with Crippen molar-refractivity contribution >= 4 is 19.1 Å². The number of oxazole rings is 1. The second-order valence-electron chi connectivity index (χ2n) is 3.69. The van der Waals surface area contributed by atoms with Crippen molar-refractivity contribution in [1.29, 1.82) is 0 Å². The lowest BCUT2D eigenvalue weighted by Gasteiger charge is -2.04. The van der Waals surface area contributed by atoms with E-state index in [2.05, 4.69) is 4.98 Å². The van der Waals surface area contributed by atoms with Gasteiger partial charge in [0, 0.05) is 0 Å². The molecule has 82 valence electrons. The van der Waals surface area contributed by atoms with Crippen molar-refractivity contribution in [3.8, 4) is 17.2 Å². The zero-order valence-electron chi connectivity index (χ0n) is 9.38. The second kappa shape index (κ2) is 3.98. The molecule has 0 saturated carbocycles. The maximum atomic E-state index is 5.71. The summed E-state index contributed by atoms with van der Waals surface area (Å²) >= 11 is 0. The zero-order valence-corrected chi connectivity index (χ0v) is 9.38. The van der Waals surface area contributed by atoms with Crippen LogP contribution in [0.2, 0.25) is 0 Å². The molecule has 3 aromatic rings. The van der Waals surface area contributed by atoms with Crippen molar-refractivity contribution in [2.45, 2.75) is 0 Å². The van der Waals surface area contributed by atoms with Crippen molar-refractivity contribution in [1.82, 2.24) is 4.98 Å². The highest BCUT2D eigenvalue weighted by Crippen LogP contribution is 2.30. The van der Waals surface area contributed by atoms with E-state index >= 15 is 0 Å². The zero-order chi connectivity index (χ0) is 11.7. The predicted octanol–water partition coefficient (Wildman–Crippen LogP) is 2.42. The lowest BCUT2D eigenvalue weighted by Crippen LogP contribution is -1.88. The van der Waals surface area contributed by atoms with Crippen LogP contribution < -0.4 is 4.65 Å². The molecule has 0 radical (unpaired) electrons. The SMILES string of the molecule is BOc1ccccc1-c1nc2ccccc2o1. The Hall–Kier alpha value is -2.23. The van der Waals surface area contributed by atoms with Gasteiger partial charge in [0.05, 0.1) is 5.56 Å². The largest absolute Gasteiger partial charge is 0.567 e. The van der Waals surface area contributed by atoms with Crippen LogP contribution in [0.1, 0.15) is 0 Å². The average molecular weight is 223 g/mol. The molecule has 0 saturated heterocycles. The van der Waals surface area contributed by atoms with Crippen LogP contribution in [-0.2, 0) is 0 Å². The van der Waals surface area contributed by atoms with E-state index in [-0.39, 0.29) is 0 Å². The lowest BCUT2D eigenvalue weighted by atomic mass is 10.2. The Balaban J connectivity index is 2.20. The van der Waals surface area contributed by atoms with Crippen molar-refractivity contribution in [2.24, 2.45) is 0 Å². The summed E-state index contributed by atoms with van der Waals surface area (Å²) in [7, 11) is 1.64. The van der Waals surface area contributed by atoms with E-state index in [1.807, 2.05) is 48.5 Å². The first-order valence-electron chi connectivity index (χ1n) is 5.37. The summed E-state index contributed by atoms with van der Waals surface area (Å²) in [6, 6.07) is 15.4. The van der Waals surface area contributed by atoms with Crippen molar-refractivity contribution < 1.29 is 9.07 Å². The van der Waals surface area contributed by atoms with Gasteiger partial charge in [-0.3, -0.25) is 0 Å². The molecular formula is C13H10BNO2. The first kappa shape index (κ1) is 9.96. The maximum absolute atomic E-state index is 5.71. The highest BCUT2D eigenvalue weighted by atomic mass is 16.4. The minimum atomic E-state index is 0.587. The summed E-state index contributed by atoms with van der Waals surface area (Å²) in [6.45, 7) is 0. The maximum Gasteiger partial charge on any atom is 0.322 e. The Morgan fingerprint density at radius 3 is 2.59 bits per heavy atom. The third kappa shape index (κ3) is 1.67. The van der Waals surface area contributed by atoms with E-state index in [1.165, 1.54) is 0 Å². The van der Waals surface area contributed by atoms with Crippen LogP contribution in [0.3, 0.4) is 0 Å². The third-order valence-corrected chi connectivity index (χ3v) is 2.63. The van der Waals surface area contributed by atoms with E-state index in [9.17, 15) is 0 Å². The van der Waals surface area contributed by atoms with Crippen LogP contribution in [0.4, 0.5) is 0 Å². The standard InChI is InChI=1S/C13H10BNO2/c14-17-11-7-3-1-5-9(11)13-15-10-6-2-4-8-12(10)16-13/h1-8H,14H2. The molecule has 0 unspecified atom stereocenters. The first-order valence-corrected chi connectivity index (χ1v) is 5.37. The van der Waals surface area contributed by atoms with Crippen molar-refractivity contribution in [3.05, 3.63) is 48.5 Å². The Labute approximate surface area is 99.5 Å². The topological polar surface area (TPSA) is 35.3 Å². The summed E-state index contributed by atoms with van der Waals surface area (Å²) in [5.74, 6) is 1.35. The Morgan fingerprint density at radius 1 is 1.00 bits per heavy atom. The number of benzene rings is 2. The molecule has 17 heavy (non-hydrogen) atoms. The molecule has 0 aliphatic rings. The van der Waals surface area contributed by atoms with Gasteiger partial charge in [0.2, 0.25) is 5.89 Å². The number of hydrogen-bond acceptors (Lipinski definition) is 3. The fraction of sp³-hybridized carbons (Fsp3) is 0. The second-order valence-corrected chi connectivity index (χ2v) is 3.69. The van der Waals surface area contributed by atoms with Crippen LogP contribution in [0.15, 0.2) is 52.9 Å². The summed E-state index contributed by atoms with van der Waals surface area (Å²) < 4.78 is 11.0. The lowest BCUT2D eigenvalue weighted by molar-refractivity contribution is 0.594. The summed E-state index contributed by atoms with van der Waals surface area (Å²) in [6.07, 6.45) is 0. The quantitative estimate of drug-likeness (QED) is 0.625. The highest BCUT2D eigenvalue weighted by molar-refractivity contribution is 6.00. The van der Waals surface area contributed by atoms with Crippen LogP contribution in [0, 0.1) is 0 Å². The van der Waals surface area contributed by atoms with Gasteiger partial charge in [0.1, 0.15) is 11.3 Å². The van der Waals surface area contributed by atoms with Gasteiger partial charge in [-0.1, -0.05) is 24.3 Å². The molecule has 0 N–H and O–H groups in total. The number of fused-ring (bicyclic) bond motifs is 1. The Kier molecular flexibility index (Phi) is 2.33. The molecule has 0 spiro atoms. The molecular weight excluding hydrogens is 213 g/mol. The van der Waals surface area contributed by atoms with Crippen LogP contribution in [0.5, 0.6) is 5.75 Å². The Morgan fingerprint density at radius 2 is 1.76 bits per heavy atom. The predicted molar refractivity (Wildman–Crippen MR) is 68.6 cm³/mol. The number of aromatic nitrogens is 1. The van der Waals surface area contributed by atoms with Gasteiger partial charge in [-0.2, -0.15) is 0 Å². The molecule has 0 amide bonds.